The number of carbonyl (C=O) groups is 1. The Morgan fingerprint density at radius 1 is 1.18 bits per heavy atom. The van der Waals surface area contributed by atoms with Crippen LogP contribution in [-0.4, -0.2) is 17.9 Å². The lowest BCUT2D eigenvalue weighted by atomic mass is 10.1. The Kier molecular flexibility index (Phi) is 2.56. The average Bonchev–Trinajstić information content (AvgIpc) is 2.48. The molecule has 3 rings (SSSR count). The molecule has 17 heavy (non-hydrogen) atoms. The van der Waals surface area contributed by atoms with Crippen molar-refractivity contribution in [2.75, 3.05) is 7.05 Å². The van der Waals surface area contributed by atoms with Crippen LogP contribution in [0.4, 0.5) is 0 Å². The molecule has 1 amide bonds. The Morgan fingerprint density at radius 2 is 1.94 bits per heavy atom. The van der Waals surface area contributed by atoms with Crippen LogP contribution in [0, 0.1) is 0 Å². The van der Waals surface area contributed by atoms with Crippen molar-refractivity contribution in [2.24, 2.45) is 0 Å². The first kappa shape index (κ1) is 10.7. The first-order chi connectivity index (χ1) is 8.27. The summed E-state index contributed by atoms with van der Waals surface area (Å²) in [5.41, 5.74) is 1.86. The fraction of sp³-hybridized carbons (Fsp3) is 0.214. The third-order valence-corrected chi connectivity index (χ3v) is 4.26. The molecule has 0 saturated carbocycles. The van der Waals surface area contributed by atoms with Gasteiger partial charge in [-0.25, -0.2) is 0 Å². The number of amides is 1. The zero-order valence-electron chi connectivity index (χ0n) is 9.64. The van der Waals surface area contributed by atoms with E-state index in [-0.39, 0.29) is 5.91 Å². The van der Waals surface area contributed by atoms with Crippen LogP contribution in [0.3, 0.4) is 0 Å². The minimum absolute atomic E-state index is 0.0876. The summed E-state index contributed by atoms with van der Waals surface area (Å²) in [4.78, 5) is 16.4. The summed E-state index contributed by atoms with van der Waals surface area (Å²) in [7, 11) is 1.86. The van der Waals surface area contributed by atoms with Gasteiger partial charge in [0.25, 0.3) is 5.91 Å². The van der Waals surface area contributed by atoms with Crippen LogP contribution in [-0.2, 0) is 0 Å². The quantitative estimate of drug-likeness (QED) is 0.696. The third kappa shape index (κ3) is 1.71. The van der Waals surface area contributed by atoms with E-state index in [1.165, 1.54) is 4.91 Å². The maximum Gasteiger partial charge on any atom is 0.259 e. The molecule has 0 aromatic heterocycles. The lowest BCUT2D eigenvalue weighted by Gasteiger charge is -2.21. The highest BCUT2D eigenvalue weighted by Gasteiger charge is 2.26. The van der Waals surface area contributed by atoms with E-state index in [2.05, 4.69) is 12.2 Å². The van der Waals surface area contributed by atoms with Gasteiger partial charge in [-0.1, -0.05) is 36.0 Å². The minimum atomic E-state index is 0.0876. The van der Waals surface area contributed by atoms with E-state index in [4.69, 9.17) is 0 Å². The summed E-state index contributed by atoms with van der Waals surface area (Å²) in [5, 5.41) is 0. The first-order valence-electron chi connectivity index (χ1n) is 5.73. The molecule has 1 aromatic rings. The molecule has 2 nitrogen and oxygen atoms in total. The fourth-order valence-corrected chi connectivity index (χ4v) is 3.35. The summed E-state index contributed by atoms with van der Waals surface area (Å²) in [6.07, 6.45) is 6.47. The molecule has 1 aliphatic heterocycles. The van der Waals surface area contributed by atoms with Gasteiger partial charge in [-0.2, -0.15) is 0 Å². The number of hydrogen-bond acceptors (Lipinski definition) is 2. The molecule has 86 valence electrons. The number of likely N-dealkylation sites (N-methyl/N-ethyl adjacent to an activating group) is 1. The molecule has 0 unspecified atom stereocenters. The van der Waals surface area contributed by atoms with Crippen LogP contribution in [0.25, 0.3) is 0 Å². The highest BCUT2D eigenvalue weighted by atomic mass is 32.2. The number of carbonyl (C=O) groups excluding carboxylic acids is 1. The van der Waals surface area contributed by atoms with Gasteiger partial charge in [-0.15, -0.1) is 0 Å². The van der Waals surface area contributed by atoms with E-state index in [0.29, 0.717) is 0 Å². The van der Waals surface area contributed by atoms with Gasteiger partial charge in [0, 0.05) is 16.8 Å². The Bertz CT molecular complexity index is 545. The maximum absolute atomic E-state index is 12.3. The molecule has 0 atom stereocenters. The van der Waals surface area contributed by atoms with Gasteiger partial charge in [-0.05, 0) is 25.0 Å². The lowest BCUT2D eigenvalue weighted by Crippen LogP contribution is -2.25. The second-order valence-corrected chi connectivity index (χ2v) is 5.28. The molecule has 0 spiro atoms. The van der Waals surface area contributed by atoms with Crippen molar-refractivity contribution >= 4 is 17.7 Å². The molecule has 0 saturated heterocycles. The molecule has 3 heteroatoms. The Hall–Kier alpha value is -1.48. The topological polar surface area (TPSA) is 20.3 Å². The van der Waals surface area contributed by atoms with Crippen LogP contribution in [0.5, 0.6) is 0 Å². The van der Waals surface area contributed by atoms with Gasteiger partial charge in [0.2, 0.25) is 0 Å². The van der Waals surface area contributed by atoms with E-state index in [1.54, 1.807) is 16.7 Å². The van der Waals surface area contributed by atoms with Crippen LogP contribution in [0.15, 0.2) is 51.9 Å². The largest absolute Gasteiger partial charge is 0.311 e. The second kappa shape index (κ2) is 4.08. The average molecular weight is 243 g/mol. The molecule has 0 radical (unpaired) electrons. The van der Waals surface area contributed by atoms with Crippen LogP contribution in [0.2, 0.25) is 0 Å². The molecule has 1 aromatic carbocycles. The SMILES string of the molecule is CN1C(=O)c2ccccc2SC2=CCCC=C21. The fourth-order valence-electron chi connectivity index (χ4n) is 2.18. The second-order valence-electron chi connectivity index (χ2n) is 4.20. The first-order valence-corrected chi connectivity index (χ1v) is 6.54. The third-order valence-electron chi connectivity index (χ3n) is 3.09. The molecule has 0 fully saturated rings. The van der Waals surface area contributed by atoms with Gasteiger partial charge < -0.3 is 4.90 Å². The van der Waals surface area contributed by atoms with Crippen LogP contribution >= 0.6 is 11.8 Å². The van der Waals surface area contributed by atoms with Crippen molar-refractivity contribution in [1.82, 2.24) is 4.90 Å². The Labute approximate surface area is 105 Å². The summed E-state index contributed by atoms with van der Waals surface area (Å²) in [5.74, 6) is 0.0876. The zero-order valence-corrected chi connectivity index (χ0v) is 10.5. The number of thioether (sulfide) groups is 1. The van der Waals surface area contributed by atoms with Gasteiger partial charge in [-0.3, -0.25) is 4.79 Å². The smallest absolute Gasteiger partial charge is 0.259 e. The molecule has 2 aliphatic rings. The van der Waals surface area contributed by atoms with E-state index < -0.39 is 0 Å². The number of rotatable bonds is 0. The number of fused-ring (bicyclic) bond motifs is 2. The predicted molar refractivity (Wildman–Crippen MR) is 69.8 cm³/mol. The number of nitrogens with zero attached hydrogens (tertiary/aromatic N) is 1. The highest BCUT2D eigenvalue weighted by Crippen LogP contribution is 2.41. The maximum atomic E-state index is 12.3. The predicted octanol–water partition coefficient (Wildman–Crippen LogP) is 3.43. The molecular weight excluding hydrogens is 230 g/mol. The van der Waals surface area contributed by atoms with Crippen molar-refractivity contribution in [2.45, 2.75) is 17.7 Å². The highest BCUT2D eigenvalue weighted by molar-refractivity contribution is 8.03. The van der Waals surface area contributed by atoms with Gasteiger partial charge in [0.1, 0.15) is 0 Å². The molecule has 1 aliphatic carbocycles. The van der Waals surface area contributed by atoms with E-state index in [0.717, 1.165) is 29.0 Å². The van der Waals surface area contributed by atoms with Crippen molar-refractivity contribution in [3.8, 4) is 0 Å². The van der Waals surface area contributed by atoms with Crippen LogP contribution < -0.4 is 0 Å². The Balaban J connectivity index is 2.16. The van der Waals surface area contributed by atoms with Crippen LogP contribution in [0.1, 0.15) is 23.2 Å². The molecule has 0 N–H and O–H groups in total. The van der Waals surface area contributed by atoms with Gasteiger partial charge in [0.05, 0.1) is 11.3 Å². The summed E-state index contributed by atoms with van der Waals surface area (Å²) < 4.78 is 0. The number of hydrogen-bond donors (Lipinski definition) is 0. The van der Waals surface area contributed by atoms with E-state index >= 15 is 0 Å². The molecular formula is C14H13NOS. The zero-order chi connectivity index (χ0) is 11.8. The summed E-state index contributed by atoms with van der Waals surface area (Å²) in [6, 6.07) is 7.82. The number of allylic oxidation sites excluding steroid dienone is 2. The van der Waals surface area contributed by atoms with Crippen molar-refractivity contribution in [3.63, 3.8) is 0 Å². The van der Waals surface area contributed by atoms with Crippen molar-refractivity contribution in [1.29, 1.82) is 0 Å². The summed E-state index contributed by atoms with van der Waals surface area (Å²) in [6.45, 7) is 0. The van der Waals surface area contributed by atoms with Crippen molar-refractivity contribution in [3.05, 3.63) is 52.6 Å². The normalized spacial score (nSPS) is 18.9. The number of benzene rings is 1. The lowest BCUT2D eigenvalue weighted by molar-refractivity contribution is 0.0837. The van der Waals surface area contributed by atoms with E-state index in [9.17, 15) is 4.79 Å². The van der Waals surface area contributed by atoms with Gasteiger partial charge in [0.15, 0.2) is 0 Å². The molecule has 1 heterocycles. The Morgan fingerprint density at radius 3 is 2.82 bits per heavy atom. The molecule has 0 bridgehead atoms. The summed E-state index contributed by atoms with van der Waals surface area (Å²) >= 11 is 1.70. The van der Waals surface area contributed by atoms with Gasteiger partial charge >= 0.3 is 0 Å². The standard InChI is InChI=1S/C14H13NOS/c1-15-11-7-3-5-9-13(11)17-12-8-4-2-6-10(12)14(15)16/h2,4,6-9H,3,5H2,1H3. The van der Waals surface area contributed by atoms with Crippen molar-refractivity contribution < 1.29 is 4.79 Å². The van der Waals surface area contributed by atoms with E-state index in [1.807, 2.05) is 31.3 Å². The monoisotopic (exact) mass is 243 g/mol. The minimum Gasteiger partial charge on any atom is -0.311 e.